The minimum Gasteiger partial charge on any atom is -0.485 e. The molecule has 0 atom stereocenters. The molecule has 0 aliphatic carbocycles. The Morgan fingerprint density at radius 3 is 2.48 bits per heavy atom. The first-order chi connectivity index (χ1) is 14.7. The molecular weight excluding hydrogens is 416 g/mol. The van der Waals surface area contributed by atoms with Gasteiger partial charge in [0.15, 0.2) is 11.6 Å². The van der Waals surface area contributed by atoms with Gasteiger partial charge in [-0.1, -0.05) is 0 Å². The van der Waals surface area contributed by atoms with Crippen molar-refractivity contribution in [3.05, 3.63) is 77.2 Å². The monoisotopic (exact) mass is 440 g/mol. The van der Waals surface area contributed by atoms with Gasteiger partial charge in [0.05, 0.1) is 4.90 Å². The van der Waals surface area contributed by atoms with Gasteiger partial charge < -0.3 is 10.1 Å². The summed E-state index contributed by atoms with van der Waals surface area (Å²) in [6.45, 7) is 3.77. The van der Waals surface area contributed by atoms with Crippen LogP contribution in [0.4, 0.5) is 5.82 Å². The second kappa shape index (κ2) is 9.23. The number of benzene rings is 1. The molecule has 3 aromatic rings. The molecular formula is C22H24N4O4S. The summed E-state index contributed by atoms with van der Waals surface area (Å²) >= 11 is 0. The van der Waals surface area contributed by atoms with Crippen molar-refractivity contribution in [1.29, 1.82) is 0 Å². The summed E-state index contributed by atoms with van der Waals surface area (Å²) in [4.78, 5) is 21.2. The Morgan fingerprint density at radius 1 is 1.10 bits per heavy atom. The molecule has 1 aromatic carbocycles. The number of sulfonamides is 1. The Hall–Kier alpha value is -3.30. The second-order valence-electron chi connectivity index (χ2n) is 7.15. The van der Waals surface area contributed by atoms with Gasteiger partial charge in [0.1, 0.15) is 6.61 Å². The van der Waals surface area contributed by atoms with Gasteiger partial charge in [-0.25, -0.2) is 17.7 Å². The molecule has 1 N–H and O–H groups in total. The van der Waals surface area contributed by atoms with Gasteiger partial charge in [0.2, 0.25) is 10.0 Å². The molecule has 0 aliphatic heterocycles. The summed E-state index contributed by atoms with van der Waals surface area (Å²) in [5.41, 5.74) is 2.44. The number of rotatable bonds is 7. The van der Waals surface area contributed by atoms with Crippen LogP contribution in [-0.4, -0.2) is 42.7 Å². The van der Waals surface area contributed by atoms with Crippen molar-refractivity contribution in [2.45, 2.75) is 25.3 Å². The number of hydrogen-bond acceptors (Lipinski definition) is 6. The zero-order chi connectivity index (χ0) is 22.6. The van der Waals surface area contributed by atoms with Crippen LogP contribution in [0.1, 0.15) is 27.0 Å². The van der Waals surface area contributed by atoms with Crippen LogP contribution in [0.3, 0.4) is 0 Å². The molecule has 2 aromatic heterocycles. The van der Waals surface area contributed by atoms with Crippen molar-refractivity contribution in [2.75, 3.05) is 19.4 Å². The van der Waals surface area contributed by atoms with Gasteiger partial charge >= 0.3 is 0 Å². The maximum absolute atomic E-state index is 12.9. The van der Waals surface area contributed by atoms with Crippen molar-refractivity contribution in [3.8, 4) is 5.75 Å². The first kappa shape index (κ1) is 22.4. The van der Waals surface area contributed by atoms with Crippen LogP contribution in [-0.2, 0) is 16.6 Å². The summed E-state index contributed by atoms with van der Waals surface area (Å²) in [6.07, 6.45) is 4.88. The standard InChI is InChI=1S/C22H24N4O4S/c1-15-12-18(13-20(16(15)2)31(28,29)26(3)4)22(27)25-21-19(6-5-9-24-21)30-14-17-7-10-23-11-8-17/h5-13H,14H2,1-4H3,(H,24,25,27). The van der Waals surface area contributed by atoms with E-state index in [9.17, 15) is 13.2 Å². The third kappa shape index (κ3) is 5.07. The largest absolute Gasteiger partial charge is 0.485 e. The first-order valence-electron chi connectivity index (χ1n) is 9.52. The molecule has 9 heteroatoms. The fourth-order valence-corrected chi connectivity index (χ4v) is 4.06. The molecule has 31 heavy (non-hydrogen) atoms. The lowest BCUT2D eigenvalue weighted by atomic mass is 10.1. The third-order valence-electron chi connectivity index (χ3n) is 4.79. The molecule has 0 spiro atoms. The molecule has 0 bridgehead atoms. The average molecular weight is 441 g/mol. The number of aryl methyl sites for hydroxylation is 1. The number of carbonyl (C=O) groups excluding carboxylic acids is 1. The van der Waals surface area contributed by atoms with Crippen LogP contribution in [0.5, 0.6) is 5.75 Å². The molecule has 0 saturated carbocycles. The number of nitrogens with zero attached hydrogens (tertiary/aromatic N) is 3. The van der Waals surface area contributed by atoms with Crippen LogP contribution in [0.2, 0.25) is 0 Å². The molecule has 1 amide bonds. The third-order valence-corrected chi connectivity index (χ3v) is 6.73. The molecule has 0 radical (unpaired) electrons. The summed E-state index contributed by atoms with van der Waals surface area (Å²) < 4.78 is 32.3. The number of hydrogen-bond donors (Lipinski definition) is 1. The van der Waals surface area contributed by atoms with Crippen molar-refractivity contribution < 1.29 is 17.9 Å². The zero-order valence-corrected chi connectivity index (χ0v) is 18.6. The smallest absolute Gasteiger partial charge is 0.256 e. The van der Waals surface area contributed by atoms with Crippen LogP contribution >= 0.6 is 0 Å². The molecule has 0 aliphatic rings. The lowest BCUT2D eigenvalue weighted by Gasteiger charge is -2.17. The van der Waals surface area contributed by atoms with Gasteiger partial charge in [0, 0.05) is 38.2 Å². The zero-order valence-electron chi connectivity index (χ0n) is 17.8. The topological polar surface area (TPSA) is 101 Å². The Morgan fingerprint density at radius 2 is 1.81 bits per heavy atom. The van der Waals surface area contributed by atoms with Crippen LogP contribution in [0, 0.1) is 13.8 Å². The molecule has 0 unspecified atom stereocenters. The summed E-state index contributed by atoms with van der Waals surface area (Å²) in [7, 11) is -0.787. The molecule has 8 nitrogen and oxygen atoms in total. The highest BCUT2D eigenvalue weighted by Gasteiger charge is 2.23. The van der Waals surface area contributed by atoms with E-state index in [2.05, 4.69) is 15.3 Å². The van der Waals surface area contributed by atoms with E-state index in [0.29, 0.717) is 16.9 Å². The molecule has 2 heterocycles. The van der Waals surface area contributed by atoms with Crippen molar-refractivity contribution in [2.24, 2.45) is 0 Å². The number of amides is 1. The minimum atomic E-state index is -3.70. The minimum absolute atomic E-state index is 0.0952. The molecule has 0 saturated heterocycles. The van der Waals surface area contributed by atoms with E-state index in [-0.39, 0.29) is 22.9 Å². The van der Waals surface area contributed by atoms with Gasteiger partial charge in [-0.3, -0.25) is 9.78 Å². The average Bonchev–Trinajstić information content (AvgIpc) is 2.75. The maximum atomic E-state index is 12.9. The van der Waals surface area contributed by atoms with Crippen molar-refractivity contribution in [3.63, 3.8) is 0 Å². The Balaban J connectivity index is 1.86. The van der Waals surface area contributed by atoms with E-state index in [0.717, 1.165) is 9.87 Å². The van der Waals surface area contributed by atoms with Crippen LogP contribution in [0.25, 0.3) is 0 Å². The summed E-state index contributed by atoms with van der Waals surface area (Å²) in [5.74, 6) is 0.167. The number of aromatic nitrogens is 2. The lowest BCUT2D eigenvalue weighted by molar-refractivity contribution is 0.102. The number of pyridine rings is 2. The van der Waals surface area contributed by atoms with E-state index in [4.69, 9.17) is 4.74 Å². The fourth-order valence-electron chi connectivity index (χ4n) is 2.84. The van der Waals surface area contributed by atoms with E-state index >= 15 is 0 Å². The lowest BCUT2D eigenvalue weighted by Crippen LogP contribution is -2.24. The molecule has 3 rings (SSSR count). The Kier molecular flexibility index (Phi) is 6.67. The quantitative estimate of drug-likeness (QED) is 0.606. The summed E-state index contributed by atoms with van der Waals surface area (Å²) in [6, 6.07) is 10.1. The highest BCUT2D eigenvalue weighted by Crippen LogP contribution is 2.26. The van der Waals surface area contributed by atoms with Crippen LogP contribution < -0.4 is 10.1 Å². The van der Waals surface area contributed by atoms with Gasteiger partial charge in [-0.15, -0.1) is 0 Å². The fraction of sp³-hybridized carbons (Fsp3) is 0.227. The van der Waals surface area contributed by atoms with Crippen LogP contribution in [0.15, 0.2) is 59.9 Å². The van der Waals surface area contributed by atoms with Crippen molar-refractivity contribution >= 4 is 21.7 Å². The van der Waals surface area contributed by atoms with Gasteiger partial charge in [-0.05, 0) is 66.9 Å². The van der Waals surface area contributed by atoms with E-state index < -0.39 is 15.9 Å². The second-order valence-corrected chi connectivity index (χ2v) is 9.27. The number of ether oxygens (including phenoxy) is 1. The van der Waals surface area contributed by atoms with Gasteiger partial charge in [-0.2, -0.15) is 0 Å². The first-order valence-corrected chi connectivity index (χ1v) is 11.0. The summed E-state index contributed by atoms with van der Waals surface area (Å²) in [5, 5.41) is 2.72. The van der Waals surface area contributed by atoms with Crippen molar-refractivity contribution in [1.82, 2.24) is 14.3 Å². The Bertz CT molecular complexity index is 1200. The molecule has 162 valence electrons. The highest BCUT2D eigenvalue weighted by atomic mass is 32.2. The molecule has 0 fully saturated rings. The predicted octanol–water partition coefficient (Wildman–Crippen LogP) is 3.18. The SMILES string of the molecule is Cc1cc(C(=O)Nc2ncccc2OCc2ccncc2)cc(S(=O)(=O)N(C)C)c1C. The number of nitrogens with one attached hydrogen (secondary N) is 1. The van der Waals surface area contributed by atoms with E-state index in [1.165, 1.54) is 26.4 Å². The van der Waals surface area contributed by atoms with E-state index in [1.807, 2.05) is 12.1 Å². The normalized spacial score (nSPS) is 11.4. The van der Waals surface area contributed by atoms with E-state index in [1.54, 1.807) is 44.4 Å². The highest BCUT2D eigenvalue weighted by molar-refractivity contribution is 7.89. The number of carbonyl (C=O) groups is 1. The predicted molar refractivity (Wildman–Crippen MR) is 118 cm³/mol. The van der Waals surface area contributed by atoms with Gasteiger partial charge in [0.25, 0.3) is 5.91 Å². The maximum Gasteiger partial charge on any atom is 0.256 e. The number of anilines is 1. The Labute approximate surface area is 182 Å².